The van der Waals surface area contributed by atoms with E-state index in [4.69, 9.17) is 4.74 Å². The van der Waals surface area contributed by atoms with Crippen LogP contribution in [0.25, 0.3) is 0 Å². The average molecular weight is 294 g/mol. The first kappa shape index (κ1) is 14.7. The van der Waals surface area contributed by atoms with Crippen molar-refractivity contribution in [3.63, 3.8) is 0 Å². The van der Waals surface area contributed by atoms with Gasteiger partial charge in [-0.15, -0.1) is 0 Å². The number of hydrogen-bond donors (Lipinski definition) is 1. The van der Waals surface area contributed by atoms with Crippen molar-refractivity contribution in [2.45, 2.75) is 6.61 Å². The monoisotopic (exact) mass is 294 g/mol. The fraction of sp³-hybridized carbons (Fsp3) is 0.143. The molecule has 2 aromatic rings. The Balaban J connectivity index is 2.19. The van der Waals surface area contributed by atoms with Crippen LogP contribution in [0.15, 0.2) is 36.4 Å². The zero-order valence-electron chi connectivity index (χ0n) is 11.1. The Morgan fingerprint density at radius 2 is 1.90 bits per heavy atom. The first-order valence-corrected chi connectivity index (χ1v) is 6.05. The van der Waals surface area contributed by atoms with E-state index >= 15 is 0 Å². The van der Waals surface area contributed by atoms with Gasteiger partial charge >= 0.3 is 0 Å². The highest BCUT2D eigenvalue weighted by Crippen LogP contribution is 2.26. The van der Waals surface area contributed by atoms with Crippen molar-refractivity contribution in [1.82, 2.24) is 0 Å². The molecule has 0 radical (unpaired) electrons. The minimum Gasteiger partial charge on any atom is -0.483 e. The Morgan fingerprint density at radius 3 is 2.48 bits per heavy atom. The quantitative estimate of drug-likeness (QED) is 0.677. The number of nitrogens with zero attached hydrogens (tertiary/aromatic N) is 1. The van der Waals surface area contributed by atoms with E-state index in [9.17, 15) is 18.9 Å². The molecule has 7 heteroatoms. The van der Waals surface area contributed by atoms with Gasteiger partial charge in [-0.1, -0.05) is 6.07 Å². The second kappa shape index (κ2) is 6.17. The lowest BCUT2D eigenvalue weighted by atomic mass is 10.2. The van der Waals surface area contributed by atoms with Crippen molar-refractivity contribution in [3.05, 3.63) is 63.7 Å². The number of nitrogens with one attached hydrogen (secondary N) is 1. The third kappa shape index (κ3) is 3.25. The van der Waals surface area contributed by atoms with Crippen LogP contribution in [-0.2, 0) is 6.61 Å². The van der Waals surface area contributed by atoms with E-state index in [0.717, 1.165) is 12.1 Å². The molecule has 0 aromatic heterocycles. The lowest BCUT2D eigenvalue weighted by Crippen LogP contribution is -2.02. The van der Waals surface area contributed by atoms with Gasteiger partial charge in [0, 0.05) is 13.1 Å². The normalized spacial score (nSPS) is 10.2. The van der Waals surface area contributed by atoms with E-state index in [-0.39, 0.29) is 12.3 Å². The van der Waals surface area contributed by atoms with Gasteiger partial charge in [0.1, 0.15) is 12.3 Å². The molecule has 0 saturated heterocycles. The van der Waals surface area contributed by atoms with Gasteiger partial charge in [-0.05, 0) is 29.8 Å². The summed E-state index contributed by atoms with van der Waals surface area (Å²) < 4.78 is 31.9. The summed E-state index contributed by atoms with van der Waals surface area (Å²) in [4.78, 5) is 10.3. The van der Waals surface area contributed by atoms with Crippen LogP contribution in [0, 0.1) is 21.7 Å². The SMILES string of the molecule is CNc1cc(COc2c(F)cccc2F)ccc1[N+](=O)[O-]. The molecule has 2 rings (SSSR count). The van der Waals surface area contributed by atoms with Crippen molar-refractivity contribution in [2.24, 2.45) is 0 Å². The molecule has 0 fully saturated rings. The third-order valence-corrected chi connectivity index (χ3v) is 2.83. The van der Waals surface area contributed by atoms with Crippen LogP contribution in [0.2, 0.25) is 0 Å². The number of anilines is 1. The summed E-state index contributed by atoms with van der Waals surface area (Å²) in [6.45, 7) is -0.107. The lowest BCUT2D eigenvalue weighted by Gasteiger charge is -2.09. The highest BCUT2D eigenvalue weighted by Gasteiger charge is 2.14. The Labute approximate surface area is 119 Å². The zero-order valence-corrected chi connectivity index (χ0v) is 11.1. The fourth-order valence-corrected chi connectivity index (χ4v) is 1.81. The second-order valence-corrected chi connectivity index (χ2v) is 4.20. The summed E-state index contributed by atoms with van der Waals surface area (Å²) >= 11 is 0. The molecule has 0 unspecified atom stereocenters. The standard InChI is InChI=1S/C14H12F2N2O3/c1-17-12-7-9(5-6-13(12)18(19)20)8-21-14-10(15)3-2-4-11(14)16/h2-7,17H,8H2,1H3. The molecule has 0 aliphatic rings. The molecule has 0 aliphatic carbocycles. The van der Waals surface area contributed by atoms with E-state index in [1.54, 1.807) is 7.05 Å². The number of nitro groups is 1. The fourth-order valence-electron chi connectivity index (χ4n) is 1.81. The van der Waals surface area contributed by atoms with Crippen LogP contribution >= 0.6 is 0 Å². The summed E-state index contributed by atoms with van der Waals surface area (Å²) in [5.41, 5.74) is 0.765. The third-order valence-electron chi connectivity index (χ3n) is 2.83. The molecule has 5 nitrogen and oxygen atoms in total. The molecule has 21 heavy (non-hydrogen) atoms. The average Bonchev–Trinajstić information content (AvgIpc) is 2.46. The van der Waals surface area contributed by atoms with E-state index in [2.05, 4.69) is 5.32 Å². The van der Waals surface area contributed by atoms with Gasteiger partial charge in [0.25, 0.3) is 5.69 Å². The number of para-hydroxylation sites is 1. The van der Waals surface area contributed by atoms with E-state index in [1.165, 1.54) is 24.3 Å². The Bertz CT molecular complexity index is 657. The number of ether oxygens (including phenoxy) is 1. The molecule has 0 amide bonds. The van der Waals surface area contributed by atoms with Gasteiger partial charge in [0.15, 0.2) is 17.4 Å². The molecule has 0 atom stereocenters. The predicted octanol–water partition coefficient (Wildman–Crippen LogP) is 3.49. The molecular formula is C14H12F2N2O3. The van der Waals surface area contributed by atoms with Crippen molar-refractivity contribution in [3.8, 4) is 5.75 Å². The number of nitro benzene ring substituents is 1. The zero-order chi connectivity index (χ0) is 15.4. The molecule has 0 aliphatic heterocycles. The summed E-state index contributed by atoms with van der Waals surface area (Å²) in [6.07, 6.45) is 0. The van der Waals surface area contributed by atoms with Crippen LogP contribution in [0.4, 0.5) is 20.2 Å². The molecule has 0 bridgehead atoms. The number of halogens is 2. The molecule has 0 spiro atoms. The minimum absolute atomic E-state index is 0.0849. The Hall–Kier alpha value is -2.70. The van der Waals surface area contributed by atoms with E-state index in [1.807, 2.05) is 0 Å². The van der Waals surface area contributed by atoms with Gasteiger partial charge in [-0.25, -0.2) is 8.78 Å². The molecule has 0 saturated carbocycles. The molecule has 110 valence electrons. The first-order valence-electron chi connectivity index (χ1n) is 6.05. The predicted molar refractivity (Wildman–Crippen MR) is 73.3 cm³/mol. The number of rotatable bonds is 5. The van der Waals surface area contributed by atoms with Crippen LogP contribution in [0.3, 0.4) is 0 Å². The van der Waals surface area contributed by atoms with Crippen LogP contribution in [0.5, 0.6) is 5.75 Å². The first-order chi connectivity index (χ1) is 10.0. The molecule has 1 N–H and O–H groups in total. The van der Waals surface area contributed by atoms with Gasteiger partial charge in [0.05, 0.1) is 4.92 Å². The van der Waals surface area contributed by atoms with Crippen LogP contribution in [-0.4, -0.2) is 12.0 Å². The molecule has 2 aromatic carbocycles. The van der Waals surface area contributed by atoms with E-state index < -0.39 is 22.3 Å². The molecule has 0 heterocycles. The van der Waals surface area contributed by atoms with Crippen LogP contribution < -0.4 is 10.1 Å². The summed E-state index contributed by atoms with van der Waals surface area (Å²) in [5.74, 6) is -2.07. The van der Waals surface area contributed by atoms with Crippen molar-refractivity contribution in [2.75, 3.05) is 12.4 Å². The summed E-state index contributed by atoms with van der Waals surface area (Å²) in [7, 11) is 1.55. The smallest absolute Gasteiger partial charge is 0.292 e. The lowest BCUT2D eigenvalue weighted by molar-refractivity contribution is -0.384. The summed E-state index contributed by atoms with van der Waals surface area (Å²) in [5, 5.41) is 13.5. The largest absolute Gasteiger partial charge is 0.483 e. The Morgan fingerprint density at radius 1 is 1.24 bits per heavy atom. The van der Waals surface area contributed by atoms with Crippen molar-refractivity contribution >= 4 is 11.4 Å². The number of hydrogen-bond acceptors (Lipinski definition) is 4. The van der Waals surface area contributed by atoms with Crippen LogP contribution in [0.1, 0.15) is 5.56 Å². The van der Waals surface area contributed by atoms with E-state index in [0.29, 0.717) is 11.3 Å². The Kier molecular flexibility index (Phi) is 4.32. The van der Waals surface area contributed by atoms with Gasteiger partial charge in [0.2, 0.25) is 0 Å². The van der Waals surface area contributed by atoms with Crippen molar-refractivity contribution in [1.29, 1.82) is 0 Å². The maximum atomic E-state index is 13.4. The highest BCUT2D eigenvalue weighted by atomic mass is 19.1. The molecular weight excluding hydrogens is 282 g/mol. The second-order valence-electron chi connectivity index (χ2n) is 4.20. The van der Waals surface area contributed by atoms with Gasteiger partial charge in [-0.2, -0.15) is 0 Å². The van der Waals surface area contributed by atoms with Crippen molar-refractivity contribution < 1.29 is 18.4 Å². The summed E-state index contributed by atoms with van der Waals surface area (Å²) in [6, 6.07) is 7.69. The van der Waals surface area contributed by atoms with Gasteiger partial charge in [-0.3, -0.25) is 10.1 Å². The van der Waals surface area contributed by atoms with Gasteiger partial charge < -0.3 is 10.1 Å². The maximum Gasteiger partial charge on any atom is 0.292 e. The minimum atomic E-state index is -0.800. The highest BCUT2D eigenvalue weighted by molar-refractivity contribution is 5.62. The topological polar surface area (TPSA) is 64.4 Å². The number of benzene rings is 2. The maximum absolute atomic E-state index is 13.4.